The molecule has 0 aliphatic carbocycles. The van der Waals surface area contributed by atoms with E-state index in [1.165, 1.54) is 23.3 Å². The Bertz CT molecular complexity index is 1420. The van der Waals surface area contributed by atoms with Crippen molar-refractivity contribution < 1.29 is 16.8 Å². The fourth-order valence-electron chi connectivity index (χ4n) is 3.91. The number of benzene rings is 3. The minimum atomic E-state index is -0.305. The van der Waals surface area contributed by atoms with Gasteiger partial charge in [-0.25, -0.2) is 4.39 Å². The number of nitrogens with zero attached hydrogens (tertiary/aromatic N) is 1. The fraction of sp³-hybridized carbons (Fsp3) is 0.233. The lowest BCUT2D eigenvalue weighted by Crippen LogP contribution is -2.17. The zero-order chi connectivity index (χ0) is 26.6. The van der Waals surface area contributed by atoms with Gasteiger partial charge in [0.25, 0.3) is 5.91 Å². The number of aromatic nitrogens is 2. The van der Waals surface area contributed by atoms with Gasteiger partial charge in [0.2, 0.25) is 0 Å². The molecule has 0 bridgehead atoms. The van der Waals surface area contributed by atoms with Crippen molar-refractivity contribution in [2.24, 2.45) is 0 Å². The lowest BCUT2D eigenvalue weighted by molar-refractivity contribution is 0.0962. The van der Waals surface area contributed by atoms with E-state index in [1.54, 1.807) is 37.4 Å². The van der Waals surface area contributed by atoms with Gasteiger partial charge in [-0.05, 0) is 75.8 Å². The largest absolute Gasteiger partial charge is 0.493 e. The number of hydrogen-bond acceptors (Lipinski definition) is 4. The summed E-state index contributed by atoms with van der Waals surface area (Å²) in [5.41, 5.74) is 8.80. The highest BCUT2D eigenvalue weighted by molar-refractivity contribution is 5.95. The van der Waals surface area contributed by atoms with Crippen molar-refractivity contribution >= 4 is 22.4 Å². The molecule has 1 aromatic heterocycles. The van der Waals surface area contributed by atoms with Crippen molar-refractivity contribution in [3.63, 3.8) is 0 Å². The second-order valence-electron chi connectivity index (χ2n) is 8.14. The smallest absolute Gasteiger partial charge is 0.251 e. The number of H-pyrrole nitrogens is 1. The Morgan fingerprint density at radius 1 is 1.16 bits per heavy atom. The number of amides is 1. The number of hydrogen-bond donors (Lipinski definition) is 3. The number of carbonyl (C=O) groups is 1. The van der Waals surface area contributed by atoms with Crippen molar-refractivity contribution in [2.75, 3.05) is 27.2 Å². The first-order valence-electron chi connectivity index (χ1n) is 12.2. The number of rotatable bonds is 8. The average Bonchev–Trinajstić information content (AvgIpc) is 3.40. The molecule has 0 atom stereocenters. The van der Waals surface area contributed by atoms with E-state index in [9.17, 15) is 9.18 Å². The number of fused-ring (bicyclic) bond motifs is 1. The number of aromatic amines is 1. The molecule has 0 fully saturated rings. The highest BCUT2D eigenvalue weighted by Crippen LogP contribution is 2.31. The van der Waals surface area contributed by atoms with Gasteiger partial charge in [0.1, 0.15) is 11.6 Å². The predicted molar refractivity (Wildman–Crippen MR) is 152 cm³/mol. The minimum Gasteiger partial charge on any atom is -0.493 e. The molecule has 0 aliphatic rings. The maximum Gasteiger partial charge on any atom is 0.251 e. The molecule has 37 heavy (non-hydrogen) atoms. The summed E-state index contributed by atoms with van der Waals surface area (Å²) in [6.45, 7) is 5.27. The monoisotopic (exact) mass is 504 g/mol. The van der Waals surface area contributed by atoms with Crippen LogP contribution in [0.15, 0.2) is 78.7 Å². The van der Waals surface area contributed by atoms with Gasteiger partial charge < -0.3 is 15.4 Å². The molecule has 196 valence electrons. The van der Waals surface area contributed by atoms with E-state index in [4.69, 9.17) is 4.74 Å². The Kier molecular flexibility index (Phi) is 10.2. The number of carbonyl (C=O) groups excluding carboxylic acids is 1. The fourth-order valence-corrected chi connectivity index (χ4v) is 3.91. The number of halogens is 1. The van der Waals surface area contributed by atoms with Crippen LogP contribution < -0.4 is 15.4 Å². The first-order chi connectivity index (χ1) is 18.0. The zero-order valence-corrected chi connectivity index (χ0v) is 21.7. The standard InChI is InChI=1S/C16H16FNO2.C14H17N3.2H2/c1-3-20-15-10-12(16(19)18-2)7-8-14(15)11-5-4-6-13(17)9-11;1-3-5-11(8-9-15-2)13-7-4-6-12-10-16-17-14(12)13;;/h4-10H,3H2,1-2H3,(H,18,19);3-4,6-7,10,15H,8-9H2,1-2H3,(H,16,17);2*1H. The molecule has 4 rings (SSSR count). The highest BCUT2D eigenvalue weighted by Gasteiger charge is 2.11. The van der Waals surface area contributed by atoms with Crippen LogP contribution in [-0.2, 0) is 0 Å². The van der Waals surface area contributed by atoms with E-state index in [2.05, 4.69) is 44.8 Å². The van der Waals surface area contributed by atoms with E-state index in [0.29, 0.717) is 17.9 Å². The second kappa shape index (κ2) is 13.8. The topological polar surface area (TPSA) is 79.0 Å². The third-order valence-electron chi connectivity index (χ3n) is 5.65. The average molecular weight is 505 g/mol. The summed E-state index contributed by atoms with van der Waals surface area (Å²) >= 11 is 0. The lowest BCUT2D eigenvalue weighted by atomic mass is 10.0. The Hall–Kier alpha value is -4.19. The molecule has 0 spiro atoms. The molecule has 4 aromatic rings. The van der Waals surface area contributed by atoms with Crippen molar-refractivity contribution in [3.05, 3.63) is 95.6 Å². The van der Waals surface area contributed by atoms with Gasteiger partial charge in [0.05, 0.1) is 18.3 Å². The third-order valence-corrected chi connectivity index (χ3v) is 5.65. The predicted octanol–water partition coefficient (Wildman–Crippen LogP) is 6.47. The quantitative estimate of drug-likeness (QED) is 0.240. The molecule has 0 aliphatic heterocycles. The van der Waals surface area contributed by atoms with Gasteiger partial charge >= 0.3 is 0 Å². The summed E-state index contributed by atoms with van der Waals surface area (Å²) in [6.07, 6.45) is 4.77. The molecule has 0 radical (unpaired) electrons. The molecular formula is C30H37FN4O2. The van der Waals surface area contributed by atoms with Crippen LogP contribution in [0, 0.1) is 5.82 Å². The molecular weight excluding hydrogens is 467 g/mol. The molecule has 7 heteroatoms. The van der Waals surface area contributed by atoms with Crippen LogP contribution in [0.5, 0.6) is 5.75 Å². The van der Waals surface area contributed by atoms with Crippen LogP contribution in [0.3, 0.4) is 0 Å². The maximum absolute atomic E-state index is 13.3. The third kappa shape index (κ3) is 7.17. The van der Waals surface area contributed by atoms with E-state index >= 15 is 0 Å². The van der Waals surface area contributed by atoms with Gasteiger partial charge in [0.15, 0.2) is 0 Å². The molecule has 6 nitrogen and oxygen atoms in total. The van der Waals surface area contributed by atoms with E-state index in [0.717, 1.165) is 35.0 Å². The summed E-state index contributed by atoms with van der Waals surface area (Å²) in [5, 5.41) is 14.0. The van der Waals surface area contributed by atoms with Crippen LogP contribution in [-0.4, -0.2) is 43.4 Å². The van der Waals surface area contributed by atoms with Crippen LogP contribution in [0.4, 0.5) is 4.39 Å². The molecule has 0 unspecified atom stereocenters. The minimum absolute atomic E-state index is 0. The summed E-state index contributed by atoms with van der Waals surface area (Å²) < 4.78 is 18.9. The number of nitrogens with one attached hydrogen (secondary N) is 3. The van der Waals surface area contributed by atoms with Crippen LogP contribution in [0.1, 0.15) is 39.0 Å². The molecule has 1 heterocycles. The van der Waals surface area contributed by atoms with Crippen molar-refractivity contribution in [2.45, 2.75) is 20.3 Å². The normalized spacial score (nSPS) is 10.2. The Morgan fingerprint density at radius 2 is 1.97 bits per heavy atom. The SMILES string of the molecule is CC=C=C(CCNC)c1cccc2cn[nH]c12.CCOc1cc(C(=O)NC)ccc1-c1cccc(F)c1.[HH].[HH]. The lowest BCUT2D eigenvalue weighted by Gasteiger charge is -2.12. The first kappa shape index (κ1) is 27.4. The summed E-state index contributed by atoms with van der Waals surface area (Å²) in [6, 6.07) is 17.7. The first-order valence-corrected chi connectivity index (χ1v) is 12.2. The van der Waals surface area contributed by atoms with Gasteiger partial charge in [-0.15, -0.1) is 5.73 Å². The zero-order valence-electron chi connectivity index (χ0n) is 21.7. The highest BCUT2D eigenvalue weighted by atomic mass is 19.1. The van der Waals surface area contributed by atoms with E-state index in [-0.39, 0.29) is 14.6 Å². The van der Waals surface area contributed by atoms with E-state index in [1.807, 2.05) is 33.2 Å². The summed E-state index contributed by atoms with van der Waals surface area (Å²) in [4.78, 5) is 11.6. The Balaban J connectivity index is 0.000000375. The van der Waals surface area contributed by atoms with Crippen molar-refractivity contribution in [3.8, 4) is 16.9 Å². The van der Waals surface area contributed by atoms with Crippen LogP contribution >= 0.6 is 0 Å². The summed E-state index contributed by atoms with van der Waals surface area (Å²) in [5.74, 6) is 0.0799. The number of ether oxygens (including phenoxy) is 1. The van der Waals surface area contributed by atoms with Crippen LogP contribution in [0.2, 0.25) is 0 Å². The Morgan fingerprint density at radius 3 is 2.68 bits per heavy atom. The van der Waals surface area contributed by atoms with Gasteiger partial charge in [-0.1, -0.05) is 30.3 Å². The molecule has 0 saturated carbocycles. The molecule has 3 aromatic carbocycles. The van der Waals surface area contributed by atoms with Gasteiger partial charge in [-0.2, -0.15) is 5.10 Å². The maximum atomic E-state index is 13.3. The van der Waals surface area contributed by atoms with Gasteiger partial charge in [-0.3, -0.25) is 9.89 Å². The Labute approximate surface area is 220 Å². The molecule has 1 amide bonds. The van der Waals surface area contributed by atoms with Crippen molar-refractivity contribution in [1.82, 2.24) is 20.8 Å². The van der Waals surface area contributed by atoms with Crippen LogP contribution in [0.25, 0.3) is 27.6 Å². The molecule has 3 N–H and O–H groups in total. The summed E-state index contributed by atoms with van der Waals surface area (Å²) in [7, 11) is 3.53. The second-order valence-corrected chi connectivity index (χ2v) is 8.14. The van der Waals surface area contributed by atoms with Crippen molar-refractivity contribution in [1.29, 1.82) is 0 Å². The van der Waals surface area contributed by atoms with E-state index < -0.39 is 0 Å². The number of para-hydroxylation sites is 1. The van der Waals surface area contributed by atoms with Gasteiger partial charge in [0, 0.05) is 37.6 Å². The molecule has 0 saturated heterocycles.